The summed E-state index contributed by atoms with van der Waals surface area (Å²) >= 11 is 0. The van der Waals surface area contributed by atoms with E-state index >= 15 is 0 Å². The average Bonchev–Trinajstić information content (AvgIpc) is 3.31. The van der Waals surface area contributed by atoms with Crippen LogP contribution < -0.4 is 16.0 Å². The Morgan fingerprint density at radius 2 is 1.76 bits per heavy atom. The maximum atomic E-state index is 13.7. The van der Waals surface area contributed by atoms with Crippen molar-refractivity contribution in [3.05, 3.63) is 52.7 Å². The quantitative estimate of drug-likeness (QED) is 0.286. The van der Waals surface area contributed by atoms with Crippen LogP contribution in [0.2, 0.25) is 0 Å². The number of nitrogens with one attached hydrogen (secondary N) is 3. The van der Waals surface area contributed by atoms with Crippen LogP contribution in [0.1, 0.15) is 48.3 Å². The largest absolute Gasteiger partial charge is 0.361 e. The number of nitrogens with zero attached hydrogens (tertiary/aromatic N) is 4. The number of carbonyl (C=O) groups is 6. The molecule has 3 N–H and O–H groups in total. The maximum Gasteiger partial charge on any atom is 0.311 e. The van der Waals surface area contributed by atoms with Crippen molar-refractivity contribution in [2.45, 2.75) is 64.2 Å². The predicted octanol–water partition coefficient (Wildman–Crippen LogP) is 0.0587. The molecular formula is C30H34FN7O7. The van der Waals surface area contributed by atoms with Gasteiger partial charge in [-0.3, -0.25) is 33.7 Å². The van der Waals surface area contributed by atoms with E-state index < -0.39 is 52.2 Å². The number of aromatic nitrogens is 1. The number of aryl methyl sites for hydroxylation is 2. The Kier molecular flexibility index (Phi) is 8.29. The molecule has 238 valence electrons. The molecule has 6 rings (SSSR count). The highest BCUT2D eigenvalue weighted by atomic mass is 19.1. The number of carbonyl (C=O) groups excluding carboxylic acids is 6. The van der Waals surface area contributed by atoms with Crippen LogP contribution in [0.3, 0.4) is 0 Å². The van der Waals surface area contributed by atoms with Crippen molar-refractivity contribution in [1.29, 1.82) is 0 Å². The number of amidine groups is 1. The highest BCUT2D eigenvalue weighted by Crippen LogP contribution is 2.47. The molecule has 1 saturated carbocycles. The number of fused-ring (bicyclic) bond motifs is 2. The second-order valence-corrected chi connectivity index (χ2v) is 12.0. The van der Waals surface area contributed by atoms with E-state index in [1.54, 1.807) is 26.0 Å². The average molecular weight is 624 g/mol. The third kappa shape index (κ3) is 5.93. The third-order valence-corrected chi connectivity index (χ3v) is 8.64. The summed E-state index contributed by atoms with van der Waals surface area (Å²) in [5.74, 6) is -5.10. The lowest BCUT2D eigenvalue weighted by molar-refractivity contribution is -0.147. The molecule has 14 nitrogen and oxygen atoms in total. The molecule has 1 unspecified atom stereocenters. The first kappa shape index (κ1) is 31.5. The number of rotatable bonds is 7. The van der Waals surface area contributed by atoms with Gasteiger partial charge in [0, 0.05) is 33.3 Å². The number of likely N-dealkylation sites (N-methyl/N-ethyl adjacent to an activating group) is 1. The van der Waals surface area contributed by atoms with Crippen molar-refractivity contribution < 1.29 is 37.7 Å². The van der Waals surface area contributed by atoms with Gasteiger partial charge in [-0.1, -0.05) is 17.3 Å². The van der Waals surface area contributed by atoms with E-state index in [-0.39, 0.29) is 57.1 Å². The van der Waals surface area contributed by atoms with Crippen LogP contribution in [0.25, 0.3) is 0 Å². The van der Waals surface area contributed by atoms with Crippen molar-refractivity contribution >= 4 is 41.2 Å². The second-order valence-electron chi connectivity index (χ2n) is 12.0. The molecule has 3 aliphatic heterocycles. The zero-order valence-electron chi connectivity index (χ0n) is 25.4. The highest BCUT2D eigenvalue weighted by molar-refractivity contribution is 6.46. The third-order valence-electron chi connectivity index (χ3n) is 8.64. The Labute approximate surface area is 257 Å². The molecule has 4 heterocycles. The van der Waals surface area contributed by atoms with Crippen molar-refractivity contribution in [3.63, 3.8) is 0 Å². The first-order valence-corrected chi connectivity index (χ1v) is 14.5. The van der Waals surface area contributed by atoms with Crippen molar-refractivity contribution in [2.75, 3.05) is 20.6 Å². The van der Waals surface area contributed by atoms with Crippen LogP contribution in [0, 0.1) is 25.1 Å². The van der Waals surface area contributed by atoms with E-state index in [1.165, 1.54) is 26.2 Å². The standard InChI is InChI=1S/C30H34FN7O7/c1-16-11-18(5-6-20(16)31)13-32-23(40)21-22(39)25(42)38-15-29(28(44)33-14-19-12-17(2)45-36-19)7-9-30(10-8-29,27(38)34-21)35-24(41)26(43)37(3)4/h5-6,11-12,21H,7-10,13-15H2,1-4H3,(H,32,40)(H,33,44)(H,35,41). The van der Waals surface area contributed by atoms with E-state index in [9.17, 15) is 33.2 Å². The number of hydrogen-bond acceptors (Lipinski definition) is 9. The molecule has 4 aliphatic rings. The van der Waals surface area contributed by atoms with Crippen molar-refractivity contribution in [3.8, 4) is 0 Å². The predicted molar refractivity (Wildman–Crippen MR) is 154 cm³/mol. The Hall–Kier alpha value is -4.95. The van der Waals surface area contributed by atoms with E-state index in [0.29, 0.717) is 22.6 Å². The molecule has 1 aromatic carbocycles. The lowest BCUT2D eigenvalue weighted by Crippen LogP contribution is -2.65. The lowest BCUT2D eigenvalue weighted by Gasteiger charge is -2.42. The molecule has 45 heavy (non-hydrogen) atoms. The molecular weight excluding hydrogens is 589 g/mol. The molecule has 5 amide bonds. The fourth-order valence-corrected chi connectivity index (χ4v) is 6.06. The van der Waals surface area contributed by atoms with E-state index in [4.69, 9.17) is 4.52 Å². The number of benzene rings is 1. The monoisotopic (exact) mass is 623 g/mol. The van der Waals surface area contributed by atoms with Crippen LogP contribution in [-0.4, -0.2) is 88.3 Å². The fraction of sp³-hybridized carbons (Fsp3) is 0.467. The van der Waals surface area contributed by atoms with E-state index in [2.05, 4.69) is 26.1 Å². The van der Waals surface area contributed by atoms with Gasteiger partial charge in [0.2, 0.25) is 5.91 Å². The molecule has 1 aromatic heterocycles. The van der Waals surface area contributed by atoms with Gasteiger partial charge >= 0.3 is 11.8 Å². The van der Waals surface area contributed by atoms with Crippen molar-refractivity contribution in [2.24, 2.45) is 10.4 Å². The minimum atomic E-state index is -1.76. The summed E-state index contributed by atoms with van der Waals surface area (Å²) in [5.41, 5.74) is -1.12. The fourth-order valence-electron chi connectivity index (χ4n) is 6.06. The molecule has 2 aromatic rings. The second kappa shape index (κ2) is 11.9. The SMILES string of the molecule is Cc1cc(CNC(=O)C23CCC(NC(=O)C(=O)N(C)C)(CC2)C2=NC(C(=O)NCc4ccc(F)c(C)c4)C(=O)C(=O)N2C3)no1. The molecule has 2 bridgehead atoms. The van der Waals surface area contributed by atoms with Gasteiger partial charge < -0.3 is 25.4 Å². The van der Waals surface area contributed by atoms with Gasteiger partial charge in [-0.2, -0.15) is 0 Å². The molecule has 1 aliphatic carbocycles. The van der Waals surface area contributed by atoms with Crippen LogP contribution in [0.4, 0.5) is 4.39 Å². The van der Waals surface area contributed by atoms with Gasteiger partial charge in [-0.05, 0) is 56.7 Å². The van der Waals surface area contributed by atoms with Crippen LogP contribution in [0.5, 0.6) is 0 Å². The summed E-state index contributed by atoms with van der Waals surface area (Å²) in [7, 11) is 2.82. The lowest BCUT2D eigenvalue weighted by atomic mass is 9.68. The summed E-state index contributed by atoms with van der Waals surface area (Å²) in [5, 5.41) is 12.0. The Morgan fingerprint density at radius 1 is 1.04 bits per heavy atom. The highest BCUT2D eigenvalue weighted by Gasteiger charge is 2.60. The molecule has 0 spiro atoms. The normalized spacial score (nSPS) is 23.9. The van der Waals surface area contributed by atoms with Crippen LogP contribution >= 0.6 is 0 Å². The summed E-state index contributed by atoms with van der Waals surface area (Å²) in [6.07, 6.45) is 0.585. The number of halogens is 1. The van der Waals surface area contributed by atoms with E-state index in [0.717, 1.165) is 9.80 Å². The summed E-state index contributed by atoms with van der Waals surface area (Å²) in [6.45, 7) is 3.08. The number of amides is 5. The Balaban J connectivity index is 1.46. The van der Waals surface area contributed by atoms with Gasteiger partial charge in [-0.25, -0.2) is 9.38 Å². The van der Waals surface area contributed by atoms with Crippen LogP contribution in [0.15, 0.2) is 33.8 Å². The zero-order chi connectivity index (χ0) is 32.7. The minimum absolute atomic E-state index is 0.0518. The minimum Gasteiger partial charge on any atom is -0.361 e. The zero-order valence-corrected chi connectivity index (χ0v) is 25.4. The summed E-state index contributed by atoms with van der Waals surface area (Å²) in [6, 6.07) is 4.19. The maximum absolute atomic E-state index is 13.7. The van der Waals surface area contributed by atoms with Gasteiger partial charge in [-0.15, -0.1) is 0 Å². The number of ketones is 1. The first-order chi connectivity index (χ1) is 21.2. The summed E-state index contributed by atoms with van der Waals surface area (Å²) in [4.78, 5) is 86.1. The number of hydrogen-bond donors (Lipinski definition) is 3. The Morgan fingerprint density at radius 3 is 2.38 bits per heavy atom. The van der Waals surface area contributed by atoms with Gasteiger partial charge in [0.05, 0.1) is 17.5 Å². The summed E-state index contributed by atoms with van der Waals surface area (Å²) < 4.78 is 18.7. The molecule has 3 fully saturated rings. The first-order valence-electron chi connectivity index (χ1n) is 14.5. The molecule has 1 atom stereocenters. The van der Waals surface area contributed by atoms with Gasteiger partial charge in [0.15, 0.2) is 6.04 Å². The molecule has 0 radical (unpaired) electrons. The number of aliphatic imine (C=N–C) groups is 1. The number of Topliss-reactive ketones (excluding diaryl/α,β-unsaturated/α-hetero) is 1. The smallest absolute Gasteiger partial charge is 0.311 e. The Bertz CT molecular complexity index is 1620. The van der Waals surface area contributed by atoms with Gasteiger partial charge in [0.25, 0.3) is 17.6 Å². The van der Waals surface area contributed by atoms with E-state index in [1.807, 2.05) is 0 Å². The van der Waals surface area contributed by atoms with Gasteiger partial charge in [0.1, 0.15) is 23.1 Å². The molecule has 2 saturated heterocycles. The topological polar surface area (TPSA) is 183 Å². The molecule has 15 heteroatoms. The van der Waals surface area contributed by atoms with Crippen LogP contribution in [-0.2, 0) is 41.9 Å². The van der Waals surface area contributed by atoms with Crippen molar-refractivity contribution in [1.82, 2.24) is 30.9 Å².